The Labute approximate surface area is 496 Å². The summed E-state index contributed by atoms with van der Waals surface area (Å²) in [4.78, 5) is 4.90. The number of hydrogen-bond acceptors (Lipinski definition) is 2. The van der Waals surface area contributed by atoms with Crippen molar-refractivity contribution in [1.82, 2.24) is 14.1 Å². The Bertz CT molecular complexity index is 4970. The van der Waals surface area contributed by atoms with Crippen LogP contribution in [0, 0.1) is 18.5 Å². The van der Waals surface area contributed by atoms with Gasteiger partial charge in [0, 0.05) is 44.3 Å². The Hall–Kier alpha value is -9.67. The minimum absolute atomic E-state index is 0. The molecule has 14 aromatic rings. The van der Waals surface area contributed by atoms with Crippen LogP contribution in [0.15, 0.2) is 249 Å². The molecule has 1 aliphatic heterocycles. The van der Waals surface area contributed by atoms with E-state index in [0.29, 0.717) is 11.5 Å². The maximum atomic E-state index is 6.78. The normalized spacial score (nSPS) is 13.0. The zero-order valence-electron chi connectivity index (χ0n) is 45.7. The fourth-order valence-electron chi connectivity index (χ4n) is 14.1. The molecule has 396 valence electrons. The quantitative estimate of drug-likeness (QED) is 0.127. The minimum atomic E-state index is -0.468. The number of imidazole rings is 1. The van der Waals surface area contributed by atoms with Crippen molar-refractivity contribution in [3.05, 3.63) is 295 Å². The van der Waals surface area contributed by atoms with E-state index in [2.05, 4.69) is 277 Å². The molecule has 11 aromatic carbocycles. The van der Waals surface area contributed by atoms with Crippen molar-refractivity contribution in [2.45, 2.75) is 31.6 Å². The molecule has 1 spiro atoms. The van der Waals surface area contributed by atoms with E-state index in [0.717, 1.165) is 66.7 Å². The molecule has 0 amide bonds. The van der Waals surface area contributed by atoms with E-state index >= 15 is 0 Å². The Morgan fingerprint density at radius 3 is 1.78 bits per heavy atom. The van der Waals surface area contributed by atoms with Crippen molar-refractivity contribution in [2.24, 2.45) is 0 Å². The average Bonchev–Trinajstić information content (AvgIpc) is 1.77. The van der Waals surface area contributed by atoms with Gasteiger partial charge in [-0.25, -0.2) is 4.98 Å². The third-order valence-electron chi connectivity index (χ3n) is 17.6. The van der Waals surface area contributed by atoms with Gasteiger partial charge < -0.3 is 13.9 Å². The summed E-state index contributed by atoms with van der Waals surface area (Å²) in [7, 11) is 0. The number of fused-ring (bicyclic) bond motifs is 20. The molecule has 0 N–H and O–H groups in total. The summed E-state index contributed by atoms with van der Waals surface area (Å²) >= 11 is 0. The number of aromatic nitrogens is 4. The van der Waals surface area contributed by atoms with Gasteiger partial charge in [-0.05, 0) is 141 Å². The molecule has 6 heteroatoms. The maximum Gasteiger partial charge on any atom is 0.268 e. The topological polar surface area (TPSA) is 35.9 Å². The van der Waals surface area contributed by atoms with Crippen LogP contribution in [-0.4, -0.2) is 14.1 Å². The molecule has 0 unspecified atom stereocenters. The number of benzene rings is 11. The number of pyridine rings is 1. The van der Waals surface area contributed by atoms with Gasteiger partial charge in [0.25, 0.3) is 6.33 Å². The van der Waals surface area contributed by atoms with Gasteiger partial charge in [-0.3, -0.25) is 4.57 Å². The molecule has 0 saturated heterocycles. The van der Waals surface area contributed by atoms with Crippen molar-refractivity contribution in [3.8, 4) is 95.5 Å². The van der Waals surface area contributed by atoms with Crippen molar-refractivity contribution >= 4 is 32.8 Å². The van der Waals surface area contributed by atoms with Crippen LogP contribution in [0.5, 0.6) is 11.5 Å². The van der Waals surface area contributed by atoms with Crippen LogP contribution in [0.25, 0.3) is 117 Å². The first-order valence-corrected chi connectivity index (χ1v) is 28.2. The number of para-hydroxylation sites is 3. The molecule has 83 heavy (non-hydrogen) atoms. The predicted molar refractivity (Wildman–Crippen MR) is 330 cm³/mol. The van der Waals surface area contributed by atoms with Gasteiger partial charge in [-0.1, -0.05) is 208 Å². The van der Waals surface area contributed by atoms with E-state index in [1.165, 1.54) is 77.9 Å². The first-order valence-electron chi connectivity index (χ1n) is 28.2. The molecule has 2 aliphatic carbocycles. The Kier molecular flexibility index (Phi) is 10.9. The third-order valence-corrected chi connectivity index (χ3v) is 17.6. The van der Waals surface area contributed by atoms with Crippen LogP contribution in [0.4, 0.5) is 0 Å². The van der Waals surface area contributed by atoms with Crippen LogP contribution in [-0.2, 0) is 31.9 Å². The van der Waals surface area contributed by atoms with Crippen LogP contribution >= 0.6 is 0 Å². The Morgan fingerprint density at radius 2 is 1.04 bits per heavy atom. The molecule has 0 bridgehead atoms. The van der Waals surface area contributed by atoms with Crippen LogP contribution in [0.1, 0.15) is 48.6 Å². The van der Waals surface area contributed by atoms with Gasteiger partial charge >= 0.3 is 0 Å². The second kappa shape index (κ2) is 18.4. The number of rotatable bonds is 5. The van der Waals surface area contributed by atoms with Gasteiger partial charge in [-0.15, -0.1) is 29.7 Å². The van der Waals surface area contributed by atoms with E-state index in [1.807, 2.05) is 24.4 Å². The van der Waals surface area contributed by atoms with Crippen molar-refractivity contribution < 1.29 is 30.4 Å². The molecule has 4 heterocycles. The van der Waals surface area contributed by atoms with E-state index < -0.39 is 5.41 Å². The summed E-state index contributed by atoms with van der Waals surface area (Å²) in [5, 5.41) is 2.21. The zero-order chi connectivity index (χ0) is 54.4. The van der Waals surface area contributed by atoms with Gasteiger partial charge in [0.1, 0.15) is 5.82 Å². The van der Waals surface area contributed by atoms with E-state index in [1.54, 1.807) is 0 Å². The summed E-state index contributed by atoms with van der Waals surface area (Å²) in [6.45, 7) is 6.69. The van der Waals surface area contributed by atoms with Gasteiger partial charge in [0.15, 0.2) is 0 Å². The molecule has 17 rings (SSSR count). The summed E-state index contributed by atoms with van der Waals surface area (Å²) in [6.07, 6.45) is 5.82. The largest absolute Gasteiger partial charge is 0.510 e. The standard InChI is InChI=1S/C77H50N4O.Pt/c1-76(2,3)49-41-42-78-73(44-49)81-70-35-15-9-26-60(70)61-40-38-52(46-72(61)81)82-51-20-16-19-50(45-51)79-47-80-69-34-14-10-27-64(69)74-53(28-17-29-62(74)54-21-4-5-22-55(54)63-30-18-36-71(79)75(63)80)48-37-39-59-58-25-8-13-33-67(58)77(68(59)43-48)65-31-11-6-23-56(65)57-24-7-12-32-66(57)77;/h4-44H,1-3H3;/q-2;. The molecule has 5 nitrogen and oxygen atoms in total. The van der Waals surface area contributed by atoms with Crippen LogP contribution in [0.2, 0.25) is 0 Å². The average molecular weight is 1240 g/mol. The minimum Gasteiger partial charge on any atom is -0.510 e. The first-order chi connectivity index (χ1) is 40.3. The number of ether oxygens (including phenoxy) is 1. The van der Waals surface area contributed by atoms with E-state index in [-0.39, 0.29) is 26.5 Å². The zero-order valence-corrected chi connectivity index (χ0v) is 48.0. The molecular weight excluding hydrogens is 1190 g/mol. The summed E-state index contributed by atoms with van der Waals surface area (Å²) in [6, 6.07) is 96.0. The smallest absolute Gasteiger partial charge is 0.268 e. The molecule has 3 aliphatic rings. The molecule has 0 atom stereocenters. The van der Waals surface area contributed by atoms with Crippen molar-refractivity contribution in [2.75, 3.05) is 0 Å². The number of hydrogen-bond donors (Lipinski definition) is 0. The van der Waals surface area contributed by atoms with Gasteiger partial charge in [0.05, 0.1) is 22.1 Å². The number of nitrogens with zero attached hydrogens (tertiary/aromatic N) is 4. The monoisotopic (exact) mass is 1240 g/mol. The Balaban J connectivity index is 0.00000565. The molecular formula is C77H50N4OPt-2. The van der Waals surface area contributed by atoms with Crippen molar-refractivity contribution in [1.29, 1.82) is 0 Å². The summed E-state index contributed by atoms with van der Waals surface area (Å²) in [5.74, 6) is 1.99. The SMILES string of the molecule is CC(C)(C)c1ccnc(-n2c3[c-]c(Oc4[c-]c(-n5[c-][n+]6c7c(cccc75)-c5ccccc5-c5cccc(-c7ccc8c(c7)C7(c9ccccc9-c9ccccc97)c7ccccc7-8)c5-c5ccccc5-6)ccc4)ccc3c3ccccc32)c1.[Pt]. The summed E-state index contributed by atoms with van der Waals surface area (Å²) < 4.78 is 13.4. The van der Waals surface area contributed by atoms with Crippen LogP contribution < -0.4 is 9.30 Å². The molecule has 0 radical (unpaired) electrons. The van der Waals surface area contributed by atoms with Gasteiger partial charge in [-0.2, -0.15) is 18.2 Å². The Morgan fingerprint density at radius 1 is 0.458 bits per heavy atom. The summed E-state index contributed by atoms with van der Waals surface area (Å²) in [5.41, 5.74) is 26.2. The molecule has 0 saturated carbocycles. The molecule has 0 fully saturated rings. The fourth-order valence-corrected chi connectivity index (χ4v) is 14.1. The van der Waals surface area contributed by atoms with Crippen molar-refractivity contribution in [3.63, 3.8) is 0 Å². The molecule has 3 aromatic heterocycles. The van der Waals surface area contributed by atoms with Crippen LogP contribution in [0.3, 0.4) is 0 Å². The van der Waals surface area contributed by atoms with E-state index in [4.69, 9.17) is 9.72 Å². The van der Waals surface area contributed by atoms with Gasteiger partial charge in [0.2, 0.25) is 0 Å². The fraction of sp³-hybridized carbons (Fsp3) is 0.0649. The predicted octanol–water partition coefficient (Wildman–Crippen LogP) is 18.2. The second-order valence-electron chi connectivity index (χ2n) is 23.0. The maximum absolute atomic E-state index is 6.78. The second-order valence-corrected chi connectivity index (χ2v) is 23.0. The van der Waals surface area contributed by atoms with E-state index in [9.17, 15) is 0 Å². The third kappa shape index (κ3) is 7.11. The first kappa shape index (κ1) is 49.2.